The fourth-order valence-corrected chi connectivity index (χ4v) is 2.77. The summed E-state index contributed by atoms with van der Waals surface area (Å²) in [5.41, 5.74) is 4.66. The molecule has 4 aromatic rings. The van der Waals surface area contributed by atoms with Gasteiger partial charge in [-0.1, -0.05) is 12.1 Å². The Morgan fingerprint density at radius 3 is 3.21 bits per heavy atom. The number of pyridine rings is 2. The predicted octanol–water partition coefficient (Wildman–Crippen LogP) is 1.79. The summed E-state index contributed by atoms with van der Waals surface area (Å²) in [4.78, 5) is 8.90. The van der Waals surface area contributed by atoms with Crippen molar-refractivity contribution in [3.05, 3.63) is 48.3 Å². The first-order valence-corrected chi connectivity index (χ1v) is 6.15. The number of hydrogen-bond acceptors (Lipinski definition) is 3. The van der Waals surface area contributed by atoms with E-state index in [-0.39, 0.29) is 0 Å². The molecule has 0 aromatic carbocycles. The first-order valence-electron chi connectivity index (χ1n) is 6.15. The summed E-state index contributed by atoms with van der Waals surface area (Å²) in [7, 11) is 0. The molecular formula is C14H9N4O+. The molecule has 0 atom stereocenters. The number of rotatable bonds is 0. The summed E-state index contributed by atoms with van der Waals surface area (Å²) in [5.74, 6) is 0.798. The average molecular weight is 249 g/mol. The lowest BCUT2D eigenvalue weighted by Gasteiger charge is -1.90. The molecule has 90 valence electrons. The molecular weight excluding hydrogens is 240 g/mol. The van der Waals surface area contributed by atoms with Gasteiger partial charge < -0.3 is 4.42 Å². The number of aromatic nitrogens is 4. The molecule has 0 N–H and O–H groups in total. The zero-order chi connectivity index (χ0) is 12.4. The van der Waals surface area contributed by atoms with Gasteiger partial charge in [0.25, 0.3) is 0 Å². The van der Waals surface area contributed by atoms with E-state index in [0.717, 1.165) is 29.4 Å². The second kappa shape index (κ2) is 3.00. The molecule has 5 heteroatoms. The maximum atomic E-state index is 5.89. The molecule has 0 radical (unpaired) electrons. The van der Waals surface area contributed by atoms with Crippen molar-refractivity contribution in [1.29, 1.82) is 0 Å². The second-order valence-corrected chi connectivity index (χ2v) is 4.67. The zero-order valence-electron chi connectivity index (χ0n) is 9.95. The number of nitrogens with zero attached hydrogens (tertiary/aromatic N) is 4. The van der Waals surface area contributed by atoms with Crippen molar-refractivity contribution in [1.82, 2.24) is 14.4 Å². The molecule has 0 fully saturated rings. The van der Waals surface area contributed by atoms with Crippen molar-refractivity contribution in [3.8, 4) is 11.6 Å². The highest BCUT2D eigenvalue weighted by Gasteiger charge is 2.34. The van der Waals surface area contributed by atoms with Crippen LogP contribution in [-0.4, -0.2) is 14.4 Å². The van der Waals surface area contributed by atoms with Gasteiger partial charge in [-0.25, -0.2) is 4.98 Å². The van der Waals surface area contributed by atoms with Crippen molar-refractivity contribution in [2.75, 3.05) is 0 Å². The Labute approximate surface area is 107 Å². The minimum absolute atomic E-state index is 0.664. The molecule has 0 aliphatic carbocycles. The van der Waals surface area contributed by atoms with Gasteiger partial charge in [0.05, 0.1) is 6.20 Å². The van der Waals surface area contributed by atoms with Gasteiger partial charge in [0, 0.05) is 17.8 Å². The highest BCUT2D eigenvalue weighted by Crippen LogP contribution is 2.29. The summed E-state index contributed by atoms with van der Waals surface area (Å²) in [5, 5.41) is 0. The molecule has 0 spiro atoms. The van der Waals surface area contributed by atoms with Crippen LogP contribution in [0.15, 0.2) is 47.1 Å². The molecule has 5 nitrogen and oxygen atoms in total. The minimum atomic E-state index is 0.664. The predicted molar refractivity (Wildman–Crippen MR) is 67.5 cm³/mol. The Morgan fingerprint density at radius 2 is 2.21 bits per heavy atom. The topological polar surface area (TPSA) is 47.2 Å². The van der Waals surface area contributed by atoms with Crippen molar-refractivity contribution in [2.24, 2.45) is 0 Å². The molecule has 5 heterocycles. The Balaban J connectivity index is 1.94. The standard InChI is InChI=1S/C14H9N4O/c1-2-7-17-10(5-1)16-12-13(17)18-8-9-4-3-6-15-11(9)14(18)19-12/h1-7H,8H2/q+1. The molecule has 1 aliphatic heterocycles. The first kappa shape index (κ1) is 9.27. The van der Waals surface area contributed by atoms with E-state index in [2.05, 4.69) is 20.6 Å². The second-order valence-electron chi connectivity index (χ2n) is 4.67. The summed E-state index contributed by atoms with van der Waals surface area (Å²) in [6.07, 6.45) is 3.80. The first-order chi connectivity index (χ1) is 9.42. The highest BCUT2D eigenvalue weighted by molar-refractivity contribution is 5.71. The van der Waals surface area contributed by atoms with Gasteiger partial charge in [-0.05, 0) is 12.1 Å². The fourth-order valence-electron chi connectivity index (χ4n) is 2.77. The third-order valence-electron chi connectivity index (χ3n) is 3.59. The summed E-state index contributed by atoms with van der Waals surface area (Å²) in [6.45, 7) is 0.786. The van der Waals surface area contributed by atoms with Gasteiger partial charge >= 0.3 is 17.3 Å². The van der Waals surface area contributed by atoms with Gasteiger partial charge in [-0.15, -0.1) is 0 Å². The molecule has 0 bridgehead atoms. The van der Waals surface area contributed by atoms with Gasteiger partial charge in [0.2, 0.25) is 5.65 Å². The maximum Gasteiger partial charge on any atom is 0.355 e. The van der Waals surface area contributed by atoms with Crippen LogP contribution in [0.5, 0.6) is 0 Å². The summed E-state index contributed by atoms with van der Waals surface area (Å²) < 4.78 is 10.1. The molecule has 4 aromatic heterocycles. The highest BCUT2D eigenvalue weighted by atomic mass is 16.4. The normalized spacial score (nSPS) is 13.1. The van der Waals surface area contributed by atoms with E-state index < -0.39 is 0 Å². The smallest absolute Gasteiger partial charge is 0.355 e. The Kier molecular flexibility index (Phi) is 1.46. The van der Waals surface area contributed by atoms with E-state index in [4.69, 9.17) is 4.42 Å². The van der Waals surface area contributed by atoms with Crippen LogP contribution in [0.3, 0.4) is 0 Å². The lowest BCUT2D eigenvalue weighted by atomic mass is 10.2. The molecule has 19 heavy (non-hydrogen) atoms. The van der Waals surface area contributed by atoms with Crippen LogP contribution in [0, 0.1) is 0 Å². The van der Waals surface area contributed by atoms with E-state index >= 15 is 0 Å². The lowest BCUT2D eigenvalue weighted by Crippen LogP contribution is -2.31. The van der Waals surface area contributed by atoms with Gasteiger partial charge in [0.15, 0.2) is 5.69 Å². The molecule has 1 aliphatic rings. The van der Waals surface area contributed by atoms with Crippen LogP contribution in [0.2, 0.25) is 0 Å². The van der Waals surface area contributed by atoms with Crippen LogP contribution in [-0.2, 0) is 6.54 Å². The SMILES string of the molecule is c1cnc2c(c1)C[n+]1c-2oc2nc3ccccn3c21. The van der Waals surface area contributed by atoms with Crippen LogP contribution in [0.1, 0.15) is 5.56 Å². The van der Waals surface area contributed by atoms with Crippen molar-refractivity contribution in [2.45, 2.75) is 6.54 Å². The van der Waals surface area contributed by atoms with Crippen molar-refractivity contribution >= 4 is 17.0 Å². The number of fused-ring (bicyclic) bond motifs is 7. The lowest BCUT2D eigenvalue weighted by molar-refractivity contribution is -0.651. The van der Waals surface area contributed by atoms with Crippen LogP contribution in [0.25, 0.3) is 28.6 Å². The molecule has 0 saturated heterocycles. The van der Waals surface area contributed by atoms with E-state index in [0.29, 0.717) is 5.71 Å². The Hall–Kier alpha value is -2.69. The van der Waals surface area contributed by atoms with Gasteiger partial charge in [-0.3, -0.25) is 0 Å². The largest absolute Gasteiger partial charge is 0.394 e. The zero-order valence-corrected chi connectivity index (χ0v) is 9.95. The summed E-state index contributed by atoms with van der Waals surface area (Å²) in [6, 6.07) is 9.98. The van der Waals surface area contributed by atoms with Crippen LogP contribution < -0.4 is 4.57 Å². The third-order valence-corrected chi connectivity index (χ3v) is 3.59. The van der Waals surface area contributed by atoms with E-state index in [1.165, 1.54) is 5.56 Å². The fraction of sp³-hybridized carbons (Fsp3) is 0.0714. The van der Waals surface area contributed by atoms with E-state index in [1.807, 2.05) is 34.9 Å². The monoisotopic (exact) mass is 249 g/mol. The van der Waals surface area contributed by atoms with Gasteiger partial charge in [-0.2, -0.15) is 14.0 Å². The Bertz CT molecular complexity index is 951. The quantitative estimate of drug-likeness (QED) is 0.393. The molecule has 0 unspecified atom stereocenters. The molecule has 0 amide bonds. The van der Waals surface area contributed by atoms with E-state index in [9.17, 15) is 0 Å². The Morgan fingerprint density at radius 1 is 1.21 bits per heavy atom. The summed E-state index contributed by atoms with van der Waals surface area (Å²) >= 11 is 0. The molecule has 0 saturated carbocycles. The number of hydrogen-bond donors (Lipinski definition) is 0. The van der Waals surface area contributed by atoms with Crippen LogP contribution >= 0.6 is 0 Å². The number of oxazole rings is 1. The van der Waals surface area contributed by atoms with E-state index in [1.54, 1.807) is 6.20 Å². The average Bonchev–Trinajstić information content (AvgIpc) is 3.05. The minimum Gasteiger partial charge on any atom is -0.394 e. The van der Waals surface area contributed by atoms with Crippen LogP contribution in [0.4, 0.5) is 0 Å². The molecule has 5 rings (SSSR count). The van der Waals surface area contributed by atoms with Crippen molar-refractivity contribution in [3.63, 3.8) is 0 Å². The van der Waals surface area contributed by atoms with Gasteiger partial charge in [0.1, 0.15) is 6.54 Å². The van der Waals surface area contributed by atoms with Crippen molar-refractivity contribution < 1.29 is 8.98 Å². The third kappa shape index (κ3) is 1.03. The maximum absolute atomic E-state index is 5.89. The number of imidazole rings is 1.